The third kappa shape index (κ3) is 6.10. The maximum Gasteiger partial charge on any atom is 0.269 e. The molecule has 2 N–H and O–H groups in total. The second kappa shape index (κ2) is 9.18. The number of thioether (sulfide) groups is 1. The maximum atomic E-state index is 12.3. The van der Waals surface area contributed by atoms with Crippen LogP contribution in [0.1, 0.15) is 20.8 Å². The Morgan fingerprint density at radius 3 is 1.81 bits per heavy atom. The highest BCUT2D eigenvalue weighted by molar-refractivity contribution is 8.00. The van der Waals surface area contributed by atoms with Crippen molar-refractivity contribution in [3.63, 3.8) is 0 Å². The van der Waals surface area contributed by atoms with Gasteiger partial charge in [0.15, 0.2) is 0 Å². The normalized spacial score (nSPS) is 11.7. The fourth-order valence-corrected chi connectivity index (χ4v) is 2.94. The number of hydrogen-bond acceptors (Lipinski definition) is 5. The summed E-state index contributed by atoms with van der Waals surface area (Å²) in [5.41, 5.74) is 1.31. The van der Waals surface area contributed by atoms with Crippen LogP contribution in [0.4, 0.5) is 17.1 Å². The molecule has 1 unspecified atom stereocenters. The second-order valence-corrected chi connectivity index (χ2v) is 7.64. The van der Waals surface area contributed by atoms with Gasteiger partial charge in [0.2, 0.25) is 11.8 Å². The minimum absolute atomic E-state index is 0.0149. The van der Waals surface area contributed by atoms with Gasteiger partial charge < -0.3 is 10.6 Å². The minimum atomic E-state index is -0.460. The zero-order valence-electron chi connectivity index (χ0n) is 15.3. The van der Waals surface area contributed by atoms with Gasteiger partial charge in [0.05, 0.1) is 10.2 Å². The fourth-order valence-electron chi connectivity index (χ4n) is 2.07. The van der Waals surface area contributed by atoms with Gasteiger partial charge in [-0.05, 0) is 43.3 Å². The van der Waals surface area contributed by atoms with Crippen molar-refractivity contribution in [3.8, 4) is 0 Å². The van der Waals surface area contributed by atoms with Gasteiger partial charge in [0.25, 0.3) is 5.69 Å². The molecule has 2 aromatic rings. The van der Waals surface area contributed by atoms with E-state index in [1.807, 2.05) is 13.8 Å². The SMILES string of the molecule is CC(C)C(=O)Nc1ccc(NC(=O)C(C)Sc2ccc([N+](=O)[O-])cc2)cc1. The number of nitrogens with one attached hydrogen (secondary N) is 2. The van der Waals surface area contributed by atoms with Crippen LogP contribution in [0.2, 0.25) is 0 Å². The Kier molecular flexibility index (Phi) is 6.95. The highest BCUT2D eigenvalue weighted by Crippen LogP contribution is 2.26. The van der Waals surface area contributed by atoms with Crippen LogP contribution in [-0.4, -0.2) is 22.0 Å². The third-order valence-electron chi connectivity index (χ3n) is 3.67. The second-order valence-electron chi connectivity index (χ2n) is 6.22. The molecule has 2 aromatic carbocycles. The van der Waals surface area contributed by atoms with Gasteiger partial charge >= 0.3 is 0 Å². The van der Waals surface area contributed by atoms with E-state index < -0.39 is 4.92 Å². The third-order valence-corrected chi connectivity index (χ3v) is 4.79. The zero-order valence-corrected chi connectivity index (χ0v) is 16.1. The minimum Gasteiger partial charge on any atom is -0.326 e. The van der Waals surface area contributed by atoms with E-state index in [0.717, 1.165) is 4.90 Å². The maximum absolute atomic E-state index is 12.3. The molecule has 0 saturated carbocycles. The van der Waals surface area contributed by atoms with Crippen LogP contribution in [-0.2, 0) is 9.59 Å². The summed E-state index contributed by atoms with van der Waals surface area (Å²) < 4.78 is 0. The van der Waals surface area contributed by atoms with Gasteiger partial charge in [0, 0.05) is 34.3 Å². The van der Waals surface area contributed by atoms with Gasteiger partial charge in [-0.2, -0.15) is 0 Å². The summed E-state index contributed by atoms with van der Waals surface area (Å²) in [6, 6.07) is 13.0. The van der Waals surface area contributed by atoms with Crippen molar-refractivity contribution in [2.24, 2.45) is 5.92 Å². The summed E-state index contributed by atoms with van der Waals surface area (Å²) >= 11 is 1.31. The molecular formula is C19H21N3O4S. The zero-order chi connectivity index (χ0) is 20.0. The topological polar surface area (TPSA) is 101 Å². The first-order valence-corrected chi connectivity index (χ1v) is 9.27. The molecule has 2 rings (SSSR count). The Balaban J connectivity index is 1.91. The lowest BCUT2D eigenvalue weighted by molar-refractivity contribution is -0.384. The van der Waals surface area contributed by atoms with E-state index in [9.17, 15) is 19.7 Å². The van der Waals surface area contributed by atoms with Crippen molar-refractivity contribution in [2.75, 3.05) is 10.6 Å². The molecule has 0 spiro atoms. The summed E-state index contributed by atoms with van der Waals surface area (Å²) in [6.45, 7) is 5.39. The average molecular weight is 387 g/mol. The molecule has 0 aromatic heterocycles. The molecule has 0 fully saturated rings. The highest BCUT2D eigenvalue weighted by atomic mass is 32.2. The fraction of sp³-hybridized carbons (Fsp3) is 0.263. The molecule has 0 saturated heterocycles. The van der Waals surface area contributed by atoms with E-state index in [2.05, 4.69) is 10.6 Å². The molecule has 2 amide bonds. The Labute approximate surface area is 161 Å². The Morgan fingerprint density at radius 1 is 0.889 bits per heavy atom. The summed E-state index contributed by atoms with van der Waals surface area (Å²) in [7, 11) is 0. The first-order valence-electron chi connectivity index (χ1n) is 8.39. The quantitative estimate of drug-likeness (QED) is 0.419. The molecule has 0 aliphatic heterocycles. The number of nitro benzene ring substituents is 1. The van der Waals surface area contributed by atoms with Crippen LogP contribution in [0.3, 0.4) is 0 Å². The first-order chi connectivity index (χ1) is 12.8. The van der Waals surface area contributed by atoms with E-state index in [0.29, 0.717) is 11.4 Å². The smallest absolute Gasteiger partial charge is 0.269 e. The number of carbonyl (C=O) groups is 2. The van der Waals surface area contributed by atoms with E-state index in [4.69, 9.17) is 0 Å². The van der Waals surface area contributed by atoms with E-state index in [1.165, 1.54) is 23.9 Å². The molecule has 0 bridgehead atoms. The number of rotatable bonds is 7. The van der Waals surface area contributed by atoms with Crippen LogP contribution >= 0.6 is 11.8 Å². The van der Waals surface area contributed by atoms with E-state index >= 15 is 0 Å². The number of nitro groups is 1. The Morgan fingerprint density at radius 2 is 1.37 bits per heavy atom. The number of benzene rings is 2. The lowest BCUT2D eigenvalue weighted by Crippen LogP contribution is -2.22. The van der Waals surface area contributed by atoms with Crippen molar-refractivity contribution in [1.82, 2.24) is 0 Å². The molecule has 0 radical (unpaired) electrons. The molecule has 27 heavy (non-hydrogen) atoms. The highest BCUT2D eigenvalue weighted by Gasteiger charge is 2.15. The van der Waals surface area contributed by atoms with Crippen molar-refractivity contribution in [3.05, 3.63) is 58.6 Å². The molecule has 8 heteroatoms. The van der Waals surface area contributed by atoms with Crippen molar-refractivity contribution < 1.29 is 14.5 Å². The van der Waals surface area contributed by atoms with Crippen LogP contribution < -0.4 is 10.6 Å². The number of amides is 2. The van der Waals surface area contributed by atoms with Gasteiger partial charge in [-0.1, -0.05) is 13.8 Å². The number of anilines is 2. The van der Waals surface area contributed by atoms with Crippen molar-refractivity contribution >= 4 is 40.6 Å². The molecule has 0 aliphatic rings. The van der Waals surface area contributed by atoms with Gasteiger partial charge in [-0.15, -0.1) is 11.8 Å². The Bertz CT molecular complexity index is 820. The molecule has 1 atom stereocenters. The van der Waals surface area contributed by atoms with Gasteiger partial charge in [-0.3, -0.25) is 19.7 Å². The average Bonchev–Trinajstić information content (AvgIpc) is 2.63. The van der Waals surface area contributed by atoms with Gasteiger partial charge in [-0.25, -0.2) is 0 Å². The van der Waals surface area contributed by atoms with Crippen molar-refractivity contribution in [2.45, 2.75) is 30.9 Å². The Hall–Kier alpha value is -2.87. The van der Waals surface area contributed by atoms with Crippen LogP contribution in [0, 0.1) is 16.0 Å². The summed E-state index contributed by atoms with van der Waals surface area (Å²) in [5.74, 6) is -0.362. The van der Waals surface area contributed by atoms with Crippen molar-refractivity contribution in [1.29, 1.82) is 0 Å². The standard InChI is InChI=1S/C19H21N3O4S/c1-12(2)18(23)20-14-4-6-15(7-5-14)21-19(24)13(3)27-17-10-8-16(9-11-17)22(25)26/h4-13H,1-3H3,(H,20,23)(H,21,24). The van der Waals surface area contributed by atoms with E-state index in [1.54, 1.807) is 43.3 Å². The molecular weight excluding hydrogens is 366 g/mol. The predicted octanol–water partition coefficient (Wildman–Crippen LogP) is 4.31. The van der Waals surface area contributed by atoms with Crippen LogP contribution in [0.15, 0.2) is 53.4 Å². The van der Waals surface area contributed by atoms with Crippen LogP contribution in [0.25, 0.3) is 0 Å². The van der Waals surface area contributed by atoms with Crippen LogP contribution in [0.5, 0.6) is 0 Å². The predicted molar refractivity (Wildman–Crippen MR) is 107 cm³/mol. The van der Waals surface area contributed by atoms with Gasteiger partial charge in [0.1, 0.15) is 0 Å². The number of non-ortho nitro benzene ring substituents is 1. The largest absolute Gasteiger partial charge is 0.326 e. The number of nitrogens with zero attached hydrogens (tertiary/aromatic N) is 1. The summed E-state index contributed by atoms with van der Waals surface area (Å²) in [6.07, 6.45) is 0. The lowest BCUT2D eigenvalue weighted by Gasteiger charge is -2.13. The molecule has 0 heterocycles. The number of hydrogen-bond donors (Lipinski definition) is 2. The monoisotopic (exact) mass is 387 g/mol. The first kappa shape index (κ1) is 20.4. The molecule has 0 aliphatic carbocycles. The summed E-state index contributed by atoms with van der Waals surface area (Å²) in [5, 5.41) is 15.9. The number of carbonyl (C=O) groups excluding carboxylic acids is 2. The summed E-state index contributed by atoms with van der Waals surface area (Å²) in [4.78, 5) is 35.0. The van der Waals surface area contributed by atoms with E-state index in [-0.39, 0.29) is 28.7 Å². The molecule has 7 nitrogen and oxygen atoms in total. The molecule has 142 valence electrons. The lowest BCUT2D eigenvalue weighted by atomic mass is 10.2.